The summed E-state index contributed by atoms with van der Waals surface area (Å²) in [5.41, 5.74) is 1.32. The van der Waals surface area contributed by atoms with Crippen molar-refractivity contribution in [3.8, 4) is 0 Å². The first-order chi connectivity index (χ1) is 9.72. The molecule has 20 heavy (non-hydrogen) atoms. The molecule has 2 unspecified atom stereocenters. The quantitative estimate of drug-likeness (QED) is 0.651. The maximum Gasteiger partial charge on any atom is 0.116 e. The molecule has 1 N–H and O–H groups in total. The Morgan fingerprint density at radius 2 is 1.85 bits per heavy atom. The predicted octanol–water partition coefficient (Wildman–Crippen LogP) is 3.55. The molecule has 0 aliphatic carbocycles. The van der Waals surface area contributed by atoms with E-state index in [0.29, 0.717) is 17.2 Å². The Morgan fingerprint density at radius 3 is 2.40 bits per heavy atom. The van der Waals surface area contributed by atoms with Gasteiger partial charge in [0.15, 0.2) is 0 Å². The van der Waals surface area contributed by atoms with Gasteiger partial charge in [0, 0.05) is 17.5 Å². The van der Waals surface area contributed by atoms with Crippen LogP contribution in [0, 0.1) is 5.92 Å². The van der Waals surface area contributed by atoms with Gasteiger partial charge in [-0.15, -0.1) is 11.8 Å². The molecule has 2 aromatic rings. The van der Waals surface area contributed by atoms with Crippen LogP contribution in [-0.4, -0.2) is 22.3 Å². The smallest absolute Gasteiger partial charge is 0.116 e. The lowest BCUT2D eigenvalue weighted by atomic mass is 9.96. The highest BCUT2D eigenvalue weighted by atomic mass is 32.2. The Labute approximate surface area is 125 Å². The summed E-state index contributed by atoms with van der Waals surface area (Å²) < 4.78 is 0. The molecule has 1 heterocycles. The Morgan fingerprint density at radius 1 is 1.10 bits per heavy atom. The molecule has 0 aliphatic rings. The van der Waals surface area contributed by atoms with Crippen molar-refractivity contribution < 1.29 is 0 Å². The monoisotopic (exact) mass is 287 g/mol. The Balaban J connectivity index is 2.22. The summed E-state index contributed by atoms with van der Waals surface area (Å²) in [7, 11) is 2.02. The molecule has 0 saturated heterocycles. The molecule has 0 bridgehead atoms. The first kappa shape index (κ1) is 15.0. The van der Waals surface area contributed by atoms with E-state index >= 15 is 0 Å². The predicted molar refractivity (Wildman–Crippen MR) is 84.8 cm³/mol. The lowest BCUT2D eigenvalue weighted by molar-refractivity contribution is 0.472. The van der Waals surface area contributed by atoms with E-state index in [1.54, 1.807) is 12.5 Å². The minimum absolute atomic E-state index is 0.302. The summed E-state index contributed by atoms with van der Waals surface area (Å²) in [4.78, 5) is 8.32. The maximum absolute atomic E-state index is 4.34. The Hall–Kier alpha value is -1.39. The van der Waals surface area contributed by atoms with E-state index in [0.717, 1.165) is 5.03 Å². The summed E-state index contributed by atoms with van der Waals surface area (Å²) in [6, 6.07) is 12.9. The Kier molecular flexibility index (Phi) is 5.56. The molecule has 3 nitrogen and oxygen atoms in total. The third-order valence-electron chi connectivity index (χ3n) is 3.27. The average molecular weight is 287 g/mol. The molecule has 0 fully saturated rings. The fourth-order valence-electron chi connectivity index (χ4n) is 2.26. The lowest BCUT2D eigenvalue weighted by Crippen LogP contribution is -2.31. The number of nitrogens with zero attached hydrogens (tertiary/aromatic N) is 2. The van der Waals surface area contributed by atoms with Gasteiger partial charge in [0.1, 0.15) is 6.33 Å². The highest BCUT2D eigenvalue weighted by Gasteiger charge is 2.26. The lowest BCUT2D eigenvalue weighted by Gasteiger charge is -2.29. The van der Waals surface area contributed by atoms with Crippen LogP contribution in [0.1, 0.15) is 25.5 Å². The van der Waals surface area contributed by atoms with Crippen molar-refractivity contribution in [1.82, 2.24) is 15.3 Å². The molecule has 0 radical (unpaired) electrons. The van der Waals surface area contributed by atoms with Gasteiger partial charge >= 0.3 is 0 Å². The fourth-order valence-corrected chi connectivity index (χ4v) is 3.49. The summed E-state index contributed by atoms with van der Waals surface area (Å²) in [6.45, 7) is 4.51. The van der Waals surface area contributed by atoms with Gasteiger partial charge in [-0.05, 0) is 24.6 Å². The van der Waals surface area contributed by atoms with Crippen LogP contribution < -0.4 is 5.32 Å². The zero-order valence-corrected chi connectivity index (χ0v) is 13.0. The second-order valence-corrected chi connectivity index (χ2v) is 6.25. The first-order valence-electron chi connectivity index (χ1n) is 6.87. The van der Waals surface area contributed by atoms with E-state index in [4.69, 9.17) is 0 Å². The normalized spacial score (nSPS) is 14.2. The van der Waals surface area contributed by atoms with Gasteiger partial charge in [0.2, 0.25) is 0 Å². The molecule has 0 saturated carbocycles. The largest absolute Gasteiger partial charge is 0.312 e. The number of thioether (sulfide) groups is 1. The van der Waals surface area contributed by atoms with Crippen LogP contribution in [0.25, 0.3) is 0 Å². The summed E-state index contributed by atoms with van der Waals surface area (Å²) in [5.74, 6) is 0.535. The fraction of sp³-hybridized carbons (Fsp3) is 0.375. The summed E-state index contributed by atoms with van der Waals surface area (Å²) >= 11 is 1.81. The van der Waals surface area contributed by atoms with E-state index in [9.17, 15) is 0 Å². The topological polar surface area (TPSA) is 37.8 Å². The third kappa shape index (κ3) is 3.81. The van der Waals surface area contributed by atoms with Crippen molar-refractivity contribution in [2.45, 2.75) is 30.2 Å². The maximum atomic E-state index is 4.34. The zero-order chi connectivity index (χ0) is 14.4. The van der Waals surface area contributed by atoms with E-state index in [-0.39, 0.29) is 0 Å². The van der Waals surface area contributed by atoms with Crippen LogP contribution in [0.15, 0.2) is 53.9 Å². The van der Waals surface area contributed by atoms with Gasteiger partial charge < -0.3 is 5.32 Å². The summed E-state index contributed by atoms with van der Waals surface area (Å²) in [6.07, 6.45) is 3.40. The van der Waals surface area contributed by atoms with E-state index in [1.165, 1.54) is 5.56 Å². The number of nitrogens with one attached hydrogen (secondary N) is 1. The highest BCUT2D eigenvalue weighted by molar-refractivity contribution is 7.99. The SMILES string of the molecule is CNC(c1ccccc1)C(Sc1ccncn1)C(C)C. The average Bonchev–Trinajstić information content (AvgIpc) is 2.49. The minimum Gasteiger partial charge on any atom is -0.312 e. The van der Waals surface area contributed by atoms with Crippen LogP contribution in [0.3, 0.4) is 0 Å². The minimum atomic E-state index is 0.302. The summed E-state index contributed by atoms with van der Waals surface area (Å²) in [5, 5.41) is 4.89. The third-order valence-corrected chi connectivity index (χ3v) is 4.84. The second kappa shape index (κ2) is 7.41. The van der Waals surface area contributed by atoms with E-state index in [2.05, 4.69) is 59.5 Å². The number of rotatable bonds is 6. The van der Waals surface area contributed by atoms with Gasteiger partial charge in [-0.25, -0.2) is 9.97 Å². The highest BCUT2D eigenvalue weighted by Crippen LogP contribution is 2.35. The van der Waals surface area contributed by atoms with Crippen LogP contribution in [0.4, 0.5) is 0 Å². The van der Waals surface area contributed by atoms with Crippen LogP contribution in [0.2, 0.25) is 0 Å². The van der Waals surface area contributed by atoms with Crippen LogP contribution >= 0.6 is 11.8 Å². The van der Waals surface area contributed by atoms with E-state index in [1.807, 2.05) is 24.9 Å². The molecule has 4 heteroatoms. The van der Waals surface area contributed by atoms with Crippen molar-refractivity contribution in [3.05, 3.63) is 54.5 Å². The zero-order valence-electron chi connectivity index (χ0n) is 12.2. The number of hydrogen-bond acceptors (Lipinski definition) is 4. The molecule has 1 aromatic heterocycles. The number of aromatic nitrogens is 2. The molecule has 1 aromatic carbocycles. The molecule has 0 aliphatic heterocycles. The number of hydrogen-bond donors (Lipinski definition) is 1. The van der Waals surface area contributed by atoms with Crippen molar-refractivity contribution in [2.75, 3.05) is 7.05 Å². The molecule has 0 amide bonds. The van der Waals surface area contributed by atoms with Crippen molar-refractivity contribution in [2.24, 2.45) is 5.92 Å². The van der Waals surface area contributed by atoms with Gasteiger partial charge in [0.05, 0.1) is 5.03 Å². The first-order valence-corrected chi connectivity index (χ1v) is 7.75. The second-order valence-electron chi connectivity index (χ2n) is 5.05. The molecule has 0 spiro atoms. The molecular formula is C16H21N3S. The van der Waals surface area contributed by atoms with Crippen molar-refractivity contribution in [1.29, 1.82) is 0 Å². The van der Waals surface area contributed by atoms with Crippen LogP contribution in [-0.2, 0) is 0 Å². The molecule has 106 valence electrons. The number of benzene rings is 1. The standard InChI is InChI=1S/C16H21N3S/c1-12(2)16(20-14-9-10-18-11-19-14)15(17-3)13-7-5-4-6-8-13/h4-12,15-17H,1-3H3. The molecular weight excluding hydrogens is 266 g/mol. The van der Waals surface area contributed by atoms with Gasteiger partial charge in [-0.2, -0.15) is 0 Å². The van der Waals surface area contributed by atoms with Gasteiger partial charge in [-0.1, -0.05) is 44.2 Å². The van der Waals surface area contributed by atoms with Crippen molar-refractivity contribution >= 4 is 11.8 Å². The molecule has 2 atom stereocenters. The van der Waals surface area contributed by atoms with E-state index < -0.39 is 0 Å². The molecule has 2 rings (SSSR count). The van der Waals surface area contributed by atoms with Crippen LogP contribution in [0.5, 0.6) is 0 Å². The Bertz CT molecular complexity index is 502. The van der Waals surface area contributed by atoms with Gasteiger partial charge in [-0.3, -0.25) is 0 Å². The van der Waals surface area contributed by atoms with Crippen molar-refractivity contribution in [3.63, 3.8) is 0 Å². The van der Waals surface area contributed by atoms with Gasteiger partial charge in [0.25, 0.3) is 0 Å².